The molecule has 6 nitrogen and oxygen atoms in total. The van der Waals surface area contributed by atoms with E-state index in [4.69, 9.17) is 10.00 Å². The lowest BCUT2D eigenvalue weighted by Crippen LogP contribution is -2.40. The van der Waals surface area contributed by atoms with Gasteiger partial charge in [-0.15, -0.1) is 0 Å². The fourth-order valence-corrected chi connectivity index (χ4v) is 2.16. The zero-order valence-electron chi connectivity index (χ0n) is 10.2. The SMILES string of the molecule is CCN1c2cc(C#N)c([N+](=O)[O-])cc2OC[C@@H]1C. The van der Waals surface area contributed by atoms with Gasteiger partial charge in [-0.2, -0.15) is 5.26 Å². The van der Waals surface area contributed by atoms with Gasteiger partial charge in [0.1, 0.15) is 24.0 Å². The Hall–Kier alpha value is -2.29. The van der Waals surface area contributed by atoms with Gasteiger partial charge in [0.25, 0.3) is 5.69 Å². The van der Waals surface area contributed by atoms with Crippen LogP contribution in [0.25, 0.3) is 0 Å². The van der Waals surface area contributed by atoms with Crippen LogP contribution >= 0.6 is 0 Å². The van der Waals surface area contributed by atoms with Gasteiger partial charge in [0.05, 0.1) is 22.7 Å². The highest BCUT2D eigenvalue weighted by atomic mass is 16.6. The minimum Gasteiger partial charge on any atom is -0.489 e. The van der Waals surface area contributed by atoms with Crippen molar-refractivity contribution in [2.45, 2.75) is 19.9 Å². The maximum atomic E-state index is 10.9. The largest absolute Gasteiger partial charge is 0.489 e. The van der Waals surface area contributed by atoms with Gasteiger partial charge >= 0.3 is 0 Å². The second kappa shape index (κ2) is 4.53. The quantitative estimate of drug-likeness (QED) is 0.590. The van der Waals surface area contributed by atoms with Crippen molar-refractivity contribution in [3.05, 3.63) is 27.8 Å². The Balaban J connectivity index is 2.59. The van der Waals surface area contributed by atoms with E-state index < -0.39 is 4.92 Å². The van der Waals surface area contributed by atoms with E-state index in [1.165, 1.54) is 12.1 Å². The van der Waals surface area contributed by atoms with Gasteiger partial charge in [-0.3, -0.25) is 10.1 Å². The Bertz CT molecular complexity index is 536. The number of nitrogens with zero attached hydrogens (tertiary/aromatic N) is 3. The Labute approximate surface area is 105 Å². The molecular weight excluding hydrogens is 234 g/mol. The molecule has 2 rings (SSSR count). The van der Waals surface area contributed by atoms with Crippen LogP contribution < -0.4 is 9.64 Å². The van der Waals surface area contributed by atoms with Gasteiger partial charge in [0, 0.05) is 6.54 Å². The zero-order chi connectivity index (χ0) is 13.3. The third-order valence-electron chi connectivity index (χ3n) is 3.06. The summed E-state index contributed by atoms with van der Waals surface area (Å²) in [7, 11) is 0. The van der Waals surface area contributed by atoms with Crippen molar-refractivity contribution in [2.24, 2.45) is 0 Å². The summed E-state index contributed by atoms with van der Waals surface area (Å²) >= 11 is 0. The predicted octanol–water partition coefficient (Wildman–Crippen LogP) is 2.07. The van der Waals surface area contributed by atoms with Crippen LogP contribution in [0.1, 0.15) is 19.4 Å². The van der Waals surface area contributed by atoms with Crippen molar-refractivity contribution in [3.8, 4) is 11.8 Å². The summed E-state index contributed by atoms with van der Waals surface area (Å²) in [5.74, 6) is 0.473. The first kappa shape index (κ1) is 12.2. The van der Waals surface area contributed by atoms with Crippen LogP contribution in [0.5, 0.6) is 5.75 Å². The molecule has 0 aliphatic carbocycles. The van der Waals surface area contributed by atoms with Crippen molar-refractivity contribution in [1.82, 2.24) is 0 Å². The molecule has 0 N–H and O–H groups in total. The highest BCUT2D eigenvalue weighted by molar-refractivity contribution is 5.69. The summed E-state index contributed by atoms with van der Waals surface area (Å²) < 4.78 is 5.50. The lowest BCUT2D eigenvalue weighted by molar-refractivity contribution is -0.385. The van der Waals surface area contributed by atoms with Crippen LogP contribution in [0.2, 0.25) is 0 Å². The molecule has 1 aromatic rings. The second-order valence-corrected chi connectivity index (χ2v) is 4.15. The third kappa shape index (κ3) is 1.84. The number of benzene rings is 1. The number of ether oxygens (including phenoxy) is 1. The number of nitro groups is 1. The number of anilines is 1. The van der Waals surface area contributed by atoms with E-state index in [9.17, 15) is 10.1 Å². The molecule has 0 bridgehead atoms. The molecule has 0 amide bonds. The van der Waals surface area contributed by atoms with E-state index in [1.54, 1.807) is 0 Å². The summed E-state index contributed by atoms with van der Waals surface area (Å²) in [6.07, 6.45) is 0. The second-order valence-electron chi connectivity index (χ2n) is 4.15. The first-order valence-corrected chi connectivity index (χ1v) is 5.70. The normalized spacial score (nSPS) is 17.6. The number of nitro benzene ring substituents is 1. The van der Waals surface area contributed by atoms with Crippen LogP contribution in [0.4, 0.5) is 11.4 Å². The fourth-order valence-electron chi connectivity index (χ4n) is 2.16. The van der Waals surface area contributed by atoms with Gasteiger partial charge in [-0.05, 0) is 19.9 Å². The molecule has 1 aromatic carbocycles. The summed E-state index contributed by atoms with van der Waals surface area (Å²) in [4.78, 5) is 12.4. The summed E-state index contributed by atoms with van der Waals surface area (Å²) in [5, 5.41) is 19.8. The molecule has 0 fully saturated rings. The van der Waals surface area contributed by atoms with Crippen molar-refractivity contribution in [3.63, 3.8) is 0 Å². The third-order valence-corrected chi connectivity index (χ3v) is 3.06. The molecule has 0 saturated carbocycles. The number of likely N-dealkylation sites (N-methyl/N-ethyl adjacent to an activating group) is 1. The van der Waals surface area contributed by atoms with E-state index in [-0.39, 0.29) is 17.3 Å². The summed E-state index contributed by atoms with van der Waals surface area (Å²) in [6.45, 7) is 5.27. The van der Waals surface area contributed by atoms with Gasteiger partial charge in [0.2, 0.25) is 0 Å². The number of hydrogen-bond acceptors (Lipinski definition) is 5. The molecular formula is C12H13N3O3. The van der Waals surface area contributed by atoms with Crippen LogP contribution in [-0.4, -0.2) is 24.1 Å². The molecule has 1 atom stereocenters. The predicted molar refractivity (Wildman–Crippen MR) is 65.8 cm³/mol. The molecule has 0 radical (unpaired) electrons. The Morgan fingerprint density at radius 3 is 2.94 bits per heavy atom. The maximum Gasteiger partial charge on any atom is 0.290 e. The zero-order valence-corrected chi connectivity index (χ0v) is 10.2. The van der Waals surface area contributed by atoms with E-state index >= 15 is 0 Å². The van der Waals surface area contributed by atoms with Gasteiger partial charge in [-0.25, -0.2) is 0 Å². The molecule has 1 aliphatic rings. The van der Waals surface area contributed by atoms with E-state index in [0.29, 0.717) is 12.4 Å². The standard InChI is InChI=1S/C12H13N3O3/c1-3-14-8(2)7-18-12-5-10(15(16)17)9(6-13)4-11(12)14/h4-5,8H,3,7H2,1-2H3/t8-/m0/s1. The lowest BCUT2D eigenvalue weighted by Gasteiger charge is -2.35. The van der Waals surface area contributed by atoms with Crippen molar-refractivity contribution >= 4 is 11.4 Å². The Kier molecular flexibility index (Phi) is 3.06. The van der Waals surface area contributed by atoms with Gasteiger partial charge < -0.3 is 9.64 Å². The van der Waals surface area contributed by atoms with Gasteiger partial charge in [-0.1, -0.05) is 0 Å². The first-order chi connectivity index (χ1) is 8.58. The van der Waals surface area contributed by atoms with Crippen LogP contribution in [0, 0.1) is 21.4 Å². The smallest absolute Gasteiger partial charge is 0.290 e. The average Bonchev–Trinajstić information content (AvgIpc) is 2.37. The molecule has 0 spiro atoms. The summed E-state index contributed by atoms with van der Waals surface area (Å²) in [6, 6.07) is 4.92. The Morgan fingerprint density at radius 2 is 2.39 bits per heavy atom. The molecule has 0 unspecified atom stereocenters. The molecule has 1 aliphatic heterocycles. The lowest BCUT2D eigenvalue weighted by atomic mass is 10.1. The van der Waals surface area contributed by atoms with E-state index in [0.717, 1.165) is 12.2 Å². The minimum absolute atomic E-state index is 0.0647. The van der Waals surface area contributed by atoms with E-state index in [2.05, 4.69) is 4.90 Å². The highest BCUT2D eigenvalue weighted by Crippen LogP contribution is 2.38. The molecule has 94 valence electrons. The van der Waals surface area contributed by atoms with Crippen molar-refractivity contribution in [1.29, 1.82) is 5.26 Å². The highest BCUT2D eigenvalue weighted by Gasteiger charge is 2.27. The fraction of sp³-hybridized carbons (Fsp3) is 0.417. The van der Waals surface area contributed by atoms with Crippen LogP contribution in [0.15, 0.2) is 12.1 Å². The van der Waals surface area contributed by atoms with Crippen LogP contribution in [-0.2, 0) is 0 Å². The molecule has 18 heavy (non-hydrogen) atoms. The van der Waals surface area contributed by atoms with E-state index in [1.807, 2.05) is 19.9 Å². The molecule has 0 aromatic heterocycles. The van der Waals surface area contributed by atoms with Crippen molar-refractivity contribution in [2.75, 3.05) is 18.1 Å². The van der Waals surface area contributed by atoms with Crippen LogP contribution in [0.3, 0.4) is 0 Å². The molecule has 0 saturated heterocycles. The van der Waals surface area contributed by atoms with Gasteiger partial charge in [0.15, 0.2) is 0 Å². The maximum absolute atomic E-state index is 10.9. The number of rotatable bonds is 2. The number of hydrogen-bond donors (Lipinski definition) is 0. The first-order valence-electron chi connectivity index (χ1n) is 5.70. The summed E-state index contributed by atoms with van der Waals surface area (Å²) in [5.41, 5.74) is 0.607. The number of fused-ring (bicyclic) bond motifs is 1. The van der Waals surface area contributed by atoms with Crippen molar-refractivity contribution < 1.29 is 9.66 Å². The molecule has 1 heterocycles. The minimum atomic E-state index is -0.559. The monoisotopic (exact) mass is 247 g/mol. The number of nitriles is 1. The average molecular weight is 247 g/mol. The topological polar surface area (TPSA) is 79.4 Å². The Morgan fingerprint density at radius 1 is 1.67 bits per heavy atom. The molecule has 6 heteroatoms.